The lowest BCUT2D eigenvalue weighted by Crippen LogP contribution is -1.90. The lowest BCUT2D eigenvalue weighted by Gasteiger charge is -2.08. The third-order valence-electron chi connectivity index (χ3n) is 2.94. The molecule has 2 rings (SSSR count). The summed E-state index contributed by atoms with van der Waals surface area (Å²) in [5.74, 6) is 1.29. The van der Waals surface area contributed by atoms with Gasteiger partial charge in [-0.15, -0.1) is 0 Å². The largest absolute Gasteiger partial charge is 0.0623 e. The third-order valence-corrected chi connectivity index (χ3v) is 2.94. The monoisotopic (exact) mass is 240 g/mol. The highest BCUT2D eigenvalue weighted by atomic mass is 14.1. The van der Waals surface area contributed by atoms with E-state index >= 15 is 0 Å². The van der Waals surface area contributed by atoms with E-state index in [9.17, 15) is 0 Å². The average Bonchev–Trinajstić information content (AvgIpc) is 2.41. The molecule has 0 radical (unpaired) electrons. The van der Waals surface area contributed by atoms with Gasteiger partial charge in [-0.05, 0) is 23.0 Å². The Kier molecular flexibility index (Phi) is 6.21. The van der Waals surface area contributed by atoms with E-state index in [2.05, 4.69) is 52.0 Å². The van der Waals surface area contributed by atoms with E-state index in [4.69, 9.17) is 0 Å². The zero-order valence-electron chi connectivity index (χ0n) is 11.9. The summed E-state index contributed by atoms with van der Waals surface area (Å²) >= 11 is 0. The molecule has 0 heteroatoms. The predicted octanol–water partition coefficient (Wildman–Crippen LogP) is 5.62. The van der Waals surface area contributed by atoms with E-state index < -0.39 is 0 Å². The molecule has 2 aromatic carbocycles. The van der Waals surface area contributed by atoms with Gasteiger partial charge in [-0.25, -0.2) is 0 Å². The van der Waals surface area contributed by atoms with Gasteiger partial charge in [-0.1, -0.05) is 88.4 Å². The molecule has 0 aliphatic heterocycles. The maximum atomic E-state index is 2.24. The Bertz CT molecular complexity index is 356. The molecule has 0 nitrogen and oxygen atoms in total. The molecule has 0 N–H and O–H groups in total. The molecule has 0 unspecified atom stereocenters. The minimum absolute atomic E-state index is 0.645. The fourth-order valence-corrected chi connectivity index (χ4v) is 1.65. The first kappa shape index (κ1) is 14.5. The predicted molar refractivity (Wildman–Crippen MR) is 81.1 cm³/mol. The molecular weight excluding hydrogens is 216 g/mol. The molecule has 0 aliphatic rings. The summed E-state index contributed by atoms with van der Waals surface area (Å²) in [6, 6.07) is 20.9. The van der Waals surface area contributed by atoms with Crippen molar-refractivity contribution >= 4 is 0 Å². The fourth-order valence-electron chi connectivity index (χ4n) is 1.65. The van der Waals surface area contributed by atoms with Crippen LogP contribution < -0.4 is 0 Å². The van der Waals surface area contributed by atoms with Crippen molar-refractivity contribution in [3.63, 3.8) is 0 Å². The summed E-state index contributed by atoms with van der Waals surface area (Å²) in [5, 5.41) is 0. The van der Waals surface area contributed by atoms with Crippen LogP contribution in [0.15, 0.2) is 60.7 Å². The first-order valence-corrected chi connectivity index (χ1v) is 6.71. The van der Waals surface area contributed by atoms with Crippen molar-refractivity contribution in [3.05, 3.63) is 71.8 Å². The van der Waals surface area contributed by atoms with Gasteiger partial charge in [0.1, 0.15) is 0 Å². The van der Waals surface area contributed by atoms with Gasteiger partial charge in [0.2, 0.25) is 0 Å². The van der Waals surface area contributed by atoms with Crippen molar-refractivity contribution in [1.29, 1.82) is 0 Å². The smallest absolute Gasteiger partial charge is 0.0219 e. The summed E-state index contributed by atoms with van der Waals surface area (Å²) in [5.41, 5.74) is 2.86. The van der Waals surface area contributed by atoms with Crippen LogP contribution in [0.4, 0.5) is 0 Å². The molecule has 0 atom stereocenters. The van der Waals surface area contributed by atoms with Crippen molar-refractivity contribution in [1.82, 2.24) is 0 Å². The van der Waals surface area contributed by atoms with Crippen LogP contribution in [0, 0.1) is 0 Å². The average molecular weight is 240 g/mol. The van der Waals surface area contributed by atoms with E-state index in [0.717, 1.165) is 0 Å². The van der Waals surface area contributed by atoms with Gasteiger partial charge in [0, 0.05) is 0 Å². The molecule has 0 amide bonds. The van der Waals surface area contributed by atoms with Crippen molar-refractivity contribution < 1.29 is 0 Å². The zero-order valence-corrected chi connectivity index (χ0v) is 11.9. The van der Waals surface area contributed by atoms with Gasteiger partial charge < -0.3 is 0 Å². The molecule has 18 heavy (non-hydrogen) atoms. The quantitative estimate of drug-likeness (QED) is 0.639. The molecule has 0 aromatic heterocycles. The highest BCUT2D eigenvalue weighted by Crippen LogP contribution is 2.18. The molecule has 0 heterocycles. The van der Waals surface area contributed by atoms with Crippen LogP contribution in [0.2, 0.25) is 0 Å². The highest BCUT2D eigenvalue weighted by molar-refractivity contribution is 5.26. The summed E-state index contributed by atoms with van der Waals surface area (Å²) in [4.78, 5) is 0. The Balaban J connectivity index is 0.000000225. The van der Waals surface area contributed by atoms with Crippen LogP contribution in [0.5, 0.6) is 0 Å². The Labute approximate surface area is 112 Å². The van der Waals surface area contributed by atoms with Gasteiger partial charge >= 0.3 is 0 Å². The van der Waals surface area contributed by atoms with Crippen LogP contribution in [-0.2, 0) is 0 Å². The van der Waals surface area contributed by atoms with E-state index in [1.54, 1.807) is 0 Å². The molecule has 96 valence electrons. The maximum Gasteiger partial charge on any atom is -0.0219 e. The summed E-state index contributed by atoms with van der Waals surface area (Å²) < 4.78 is 0. The Hall–Kier alpha value is -1.56. The second kappa shape index (κ2) is 7.71. The van der Waals surface area contributed by atoms with E-state index in [-0.39, 0.29) is 0 Å². The van der Waals surface area contributed by atoms with Crippen molar-refractivity contribution in [2.75, 3.05) is 0 Å². The summed E-state index contributed by atoms with van der Waals surface area (Å²) in [6.45, 7) is 8.91. The normalized spacial score (nSPS) is 10.1. The molecular formula is C18H24. The number of benzene rings is 2. The SMILES string of the molecule is CC(C)c1ccc(C(C)C)cc1.c1ccccc1. The second-order valence-corrected chi connectivity index (χ2v) is 5.13. The highest BCUT2D eigenvalue weighted by Gasteiger charge is 2.00. The molecule has 0 bridgehead atoms. The van der Waals surface area contributed by atoms with Gasteiger partial charge in [0.05, 0.1) is 0 Å². The molecule has 0 saturated heterocycles. The first-order valence-electron chi connectivity index (χ1n) is 6.71. The van der Waals surface area contributed by atoms with Crippen molar-refractivity contribution in [3.8, 4) is 0 Å². The number of hydrogen-bond donors (Lipinski definition) is 0. The Morgan fingerprint density at radius 1 is 0.500 bits per heavy atom. The van der Waals surface area contributed by atoms with Crippen LogP contribution in [-0.4, -0.2) is 0 Å². The van der Waals surface area contributed by atoms with E-state index in [0.29, 0.717) is 11.8 Å². The molecule has 0 fully saturated rings. The van der Waals surface area contributed by atoms with Crippen molar-refractivity contribution in [2.24, 2.45) is 0 Å². The van der Waals surface area contributed by atoms with E-state index in [1.807, 2.05) is 36.4 Å². The molecule has 0 saturated carbocycles. The number of hydrogen-bond acceptors (Lipinski definition) is 0. The van der Waals surface area contributed by atoms with Crippen LogP contribution in [0.25, 0.3) is 0 Å². The lowest BCUT2D eigenvalue weighted by molar-refractivity contribution is 0.845. The van der Waals surface area contributed by atoms with Gasteiger partial charge in [-0.2, -0.15) is 0 Å². The Morgan fingerprint density at radius 3 is 0.889 bits per heavy atom. The first-order chi connectivity index (χ1) is 8.61. The second-order valence-electron chi connectivity index (χ2n) is 5.13. The molecule has 0 aliphatic carbocycles. The summed E-state index contributed by atoms with van der Waals surface area (Å²) in [7, 11) is 0. The Morgan fingerprint density at radius 2 is 0.722 bits per heavy atom. The van der Waals surface area contributed by atoms with E-state index in [1.165, 1.54) is 11.1 Å². The van der Waals surface area contributed by atoms with Gasteiger partial charge in [-0.3, -0.25) is 0 Å². The van der Waals surface area contributed by atoms with Crippen LogP contribution >= 0.6 is 0 Å². The zero-order chi connectivity index (χ0) is 13.4. The number of rotatable bonds is 2. The topological polar surface area (TPSA) is 0 Å². The van der Waals surface area contributed by atoms with Crippen LogP contribution in [0.1, 0.15) is 50.7 Å². The maximum absolute atomic E-state index is 2.24. The van der Waals surface area contributed by atoms with Gasteiger partial charge in [0.15, 0.2) is 0 Å². The molecule has 2 aromatic rings. The molecule has 0 spiro atoms. The third kappa shape index (κ3) is 5.18. The minimum Gasteiger partial charge on any atom is -0.0623 e. The van der Waals surface area contributed by atoms with Gasteiger partial charge in [0.25, 0.3) is 0 Å². The van der Waals surface area contributed by atoms with Crippen molar-refractivity contribution in [2.45, 2.75) is 39.5 Å². The van der Waals surface area contributed by atoms with Crippen LogP contribution in [0.3, 0.4) is 0 Å². The standard InChI is InChI=1S/C12H18.C6H6/c1-9(2)11-5-7-12(8-6-11)10(3)4;1-2-4-6-5-3-1/h5-10H,1-4H3;1-6H. The minimum atomic E-state index is 0.645. The summed E-state index contributed by atoms with van der Waals surface area (Å²) in [6.07, 6.45) is 0. The lowest BCUT2D eigenvalue weighted by atomic mass is 9.97. The fraction of sp³-hybridized carbons (Fsp3) is 0.333.